The Morgan fingerprint density at radius 3 is 2.61 bits per heavy atom. The molecule has 0 spiro atoms. The highest BCUT2D eigenvalue weighted by molar-refractivity contribution is 6.30. The molecule has 0 bridgehead atoms. The first-order valence-electron chi connectivity index (χ1n) is 6.08. The van der Waals surface area contributed by atoms with E-state index in [9.17, 15) is 4.79 Å². The van der Waals surface area contributed by atoms with Gasteiger partial charge in [-0.25, -0.2) is 4.79 Å². The van der Waals surface area contributed by atoms with Gasteiger partial charge in [0, 0.05) is 36.4 Å². The molecule has 1 N–H and O–H groups in total. The van der Waals surface area contributed by atoms with Crippen molar-refractivity contribution >= 4 is 23.3 Å². The van der Waals surface area contributed by atoms with Crippen LogP contribution in [0.1, 0.15) is 6.92 Å². The van der Waals surface area contributed by atoms with Crippen molar-refractivity contribution in [3.8, 4) is 0 Å². The second-order valence-corrected chi connectivity index (χ2v) is 5.18. The Bertz CT molecular complexity index is 421. The zero-order valence-corrected chi connectivity index (χ0v) is 11.4. The summed E-state index contributed by atoms with van der Waals surface area (Å²) in [5.41, 5.74) is 0.774. The van der Waals surface area contributed by atoms with Crippen molar-refractivity contribution in [1.82, 2.24) is 9.80 Å². The molecule has 0 aliphatic carbocycles. The molecule has 0 saturated carbocycles. The van der Waals surface area contributed by atoms with Crippen LogP contribution >= 0.6 is 11.6 Å². The summed E-state index contributed by atoms with van der Waals surface area (Å²) in [7, 11) is 2.07. The van der Waals surface area contributed by atoms with E-state index in [0.29, 0.717) is 5.02 Å². The molecule has 1 aromatic carbocycles. The molecular weight excluding hydrogens is 250 g/mol. The zero-order valence-electron chi connectivity index (χ0n) is 10.7. The molecule has 1 saturated heterocycles. The Hall–Kier alpha value is -1.26. The fourth-order valence-electron chi connectivity index (χ4n) is 2.17. The second kappa shape index (κ2) is 5.59. The lowest BCUT2D eigenvalue weighted by molar-refractivity contribution is 0.125. The number of benzene rings is 1. The minimum atomic E-state index is -0.0436. The summed E-state index contributed by atoms with van der Waals surface area (Å²) in [6.45, 7) is 4.65. The maximum absolute atomic E-state index is 12.1. The predicted octanol–water partition coefficient (Wildman–Crippen LogP) is 2.51. The molecule has 1 fully saturated rings. The van der Waals surface area contributed by atoms with Crippen molar-refractivity contribution in [2.45, 2.75) is 13.0 Å². The molecule has 1 heterocycles. The minimum Gasteiger partial charge on any atom is -0.319 e. The van der Waals surface area contributed by atoms with Gasteiger partial charge in [-0.2, -0.15) is 0 Å². The first kappa shape index (κ1) is 13.2. The summed E-state index contributed by atoms with van der Waals surface area (Å²) in [6, 6.07) is 7.34. The van der Waals surface area contributed by atoms with Gasteiger partial charge in [0.15, 0.2) is 0 Å². The monoisotopic (exact) mass is 267 g/mol. The van der Waals surface area contributed by atoms with Gasteiger partial charge in [-0.3, -0.25) is 0 Å². The summed E-state index contributed by atoms with van der Waals surface area (Å²) in [5, 5.41) is 3.56. The molecule has 1 aliphatic rings. The van der Waals surface area contributed by atoms with Crippen LogP contribution in [-0.4, -0.2) is 48.6 Å². The number of halogens is 1. The fraction of sp³-hybridized carbons (Fsp3) is 0.462. The Labute approximate surface area is 113 Å². The van der Waals surface area contributed by atoms with Gasteiger partial charge in [-0.15, -0.1) is 0 Å². The molecule has 2 rings (SSSR count). The van der Waals surface area contributed by atoms with E-state index in [1.807, 2.05) is 4.90 Å². The molecule has 0 radical (unpaired) electrons. The number of nitrogens with zero attached hydrogens (tertiary/aromatic N) is 2. The smallest absolute Gasteiger partial charge is 0.319 e. The molecule has 4 nitrogen and oxygen atoms in total. The van der Waals surface area contributed by atoms with E-state index in [-0.39, 0.29) is 12.1 Å². The van der Waals surface area contributed by atoms with Crippen molar-refractivity contribution in [1.29, 1.82) is 0 Å². The number of carbonyl (C=O) groups is 1. The molecule has 1 unspecified atom stereocenters. The van der Waals surface area contributed by atoms with Crippen LogP contribution in [0.15, 0.2) is 24.3 Å². The van der Waals surface area contributed by atoms with Crippen LogP contribution in [-0.2, 0) is 0 Å². The van der Waals surface area contributed by atoms with Crippen LogP contribution in [0.25, 0.3) is 0 Å². The number of piperazine rings is 1. The van der Waals surface area contributed by atoms with E-state index in [2.05, 4.69) is 24.2 Å². The van der Waals surface area contributed by atoms with Crippen molar-refractivity contribution < 1.29 is 4.79 Å². The van der Waals surface area contributed by atoms with Crippen LogP contribution in [0.4, 0.5) is 10.5 Å². The maximum Gasteiger partial charge on any atom is 0.322 e. The second-order valence-electron chi connectivity index (χ2n) is 4.74. The average Bonchev–Trinajstić information content (AvgIpc) is 2.32. The lowest BCUT2D eigenvalue weighted by Crippen LogP contribution is -2.53. The van der Waals surface area contributed by atoms with Crippen LogP contribution in [0.2, 0.25) is 5.02 Å². The van der Waals surface area contributed by atoms with E-state index in [0.717, 1.165) is 25.3 Å². The number of nitrogens with one attached hydrogen (secondary N) is 1. The summed E-state index contributed by atoms with van der Waals surface area (Å²) < 4.78 is 0. The standard InChI is InChI=1S/C13H18ClN3O/c1-10-9-16(2)7-8-17(10)13(18)15-12-5-3-11(14)4-6-12/h3-6,10H,7-9H2,1-2H3,(H,15,18). The highest BCUT2D eigenvalue weighted by atomic mass is 35.5. The average molecular weight is 268 g/mol. The third-order valence-corrected chi connectivity index (χ3v) is 3.44. The lowest BCUT2D eigenvalue weighted by atomic mass is 10.2. The first-order chi connectivity index (χ1) is 8.56. The molecular formula is C13H18ClN3O. The van der Waals surface area contributed by atoms with E-state index < -0.39 is 0 Å². The van der Waals surface area contributed by atoms with Gasteiger partial charge >= 0.3 is 6.03 Å². The number of hydrogen-bond donors (Lipinski definition) is 1. The molecule has 5 heteroatoms. The Morgan fingerprint density at radius 2 is 2.00 bits per heavy atom. The van der Waals surface area contributed by atoms with E-state index >= 15 is 0 Å². The summed E-state index contributed by atoms with van der Waals surface area (Å²) in [6.07, 6.45) is 0. The Kier molecular flexibility index (Phi) is 4.09. The topological polar surface area (TPSA) is 35.6 Å². The zero-order chi connectivity index (χ0) is 13.1. The number of anilines is 1. The predicted molar refractivity (Wildman–Crippen MR) is 74.1 cm³/mol. The molecule has 1 atom stereocenters. The van der Waals surface area contributed by atoms with Crippen molar-refractivity contribution in [3.05, 3.63) is 29.3 Å². The number of rotatable bonds is 1. The van der Waals surface area contributed by atoms with Gasteiger partial charge in [0.1, 0.15) is 0 Å². The molecule has 1 aliphatic heterocycles. The van der Waals surface area contributed by atoms with Crippen LogP contribution in [0.5, 0.6) is 0 Å². The van der Waals surface area contributed by atoms with Crippen LogP contribution < -0.4 is 5.32 Å². The van der Waals surface area contributed by atoms with Crippen molar-refractivity contribution in [3.63, 3.8) is 0 Å². The quantitative estimate of drug-likeness (QED) is 0.849. The first-order valence-corrected chi connectivity index (χ1v) is 6.46. The molecule has 18 heavy (non-hydrogen) atoms. The highest BCUT2D eigenvalue weighted by Gasteiger charge is 2.25. The third-order valence-electron chi connectivity index (χ3n) is 3.19. The van der Waals surface area contributed by atoms with E-state index in [1.54, 1.807) is 24.3 Å². The summed E-state index contributed by atoms with van der Waals surface area (Å²) >= 11 is 5.81. The SMILES string of the molecule is CC1CN(C)CCN1C(=O)Nc1ccc(Cl)cc1. The minimum absolute atomic E-state index is 0.0436. The summed E-state index contributed by atoms with van der Waals surface area (Å²) in [5.74, 6) is 0. The van der Waals surface area contributed by atoms with Gasteiger partial charge in [0.25, 0.3) is 0 Å². The molecule has 98 valence electrons. The largest absolute Gasteiger partial charge is 0.322 e. The summed E-state index contributed by atoms with van der Waals surface area (Å²) in [4.78, 5) is 16.2. The highest BCUT2D eigenvalue weighted by Crippen LogP contribution is 2.15. The number of likely N-dealkylation sites (N-methyl/N-ethyl adjacent to an activating group) is 1. The van der Waals surface area contributed by atoms with Crippen LogP contribution in [0, 0.1) is 0 Å². The molecule has 1 aromatic rings. The van der Waals surface area contributed by atoms with Gasteiger partial charge in [-0.05, 0) is 38.2 Å². The Morgan fingerprint density at radius 1 is 1.33 bits per heavy atom. The van der Waals surface area contributed by atoms with Crippen molar-refractivity contribution in [2.24, 2.45) is 0 Å². The normalized spacial score (nSPS) is 20.8. The number of carbonyl (C=O) groups excluding carboxylic acids is 1. The number of urea groups is 1. The van der Waals surface area contributed by atoms with Crippen molar-refractivity contribution in [2.75, 3.05) is 32.0 Å². The van der Waals surface area contributed by atoms with E-state index in [4.69, 9.17) is 11.6 Å². The van der Waals surface area contributed by atoms with E-state index in [1.165, 1.54) is 0 Å². The maximum atomic E-state index is 12.1. The fourth-order valence-corrected chi connectivity index (χ4v) is 2.30. The van der Waals surface area contributed by atoms with Gasteiger partial charge in [0.2, 0.25) is 0 Å². The van der Waals surface area contributed by atoms with Gasteiger partial charge in [0.05, 0.1) is 0 Å². The third kappa shape index (κ3) is 3.15. The van der Waals surface area contributed by atoms with Gasteiger partial charge in [-0.1, -0.05) is 11.6 Å². The number of amides is 2. The lowest BCUT2D eigenvalue weighted by Gasteiger charge is -2.38. The Balaban J connectivity index is 1.97. The molecule has 0 aromatic heterocycles. The molecule has 2 amide bonds. The number of hydrogen-bond acceptors (Lipinski definition) is 2. The van der Waals surface area contributed by atoms with Gasteiger partial charge < -0.3 is 15.1 Å². The van der Waals surface area contributed by atoms with Crippen LogP contribution in [0.3, 0.4) is 0 Å².